The van der Waals surface area contributed by atoms with Gasteiger partial charge < -0.3 is 10.1 Å². The van der Waals surface area contributed by atoms with Gasteiger partial charge in [-0.25, -0.2) is 4.98 Å². The molecule has 1 aromatic rings. The Balaban J connectivity index is 1.97. The highest BCUT2D eigenvalue weighted by atomic mass is 35.5. The number of halogens is 1. The van der Waals surface area contributed by atoms with Crippen LogP contribution in [0.3, 0.4) is 0 Å². The molecular weight excluding hydrogens is 212 g/mol. The minimum absolute atomic E-state index is 0.550. The van der Waals surface area contributed by atoms with E-state index in [1.165, 1.54) is 0 Å². The number of hydrogen-bond donors (Lipinski definition) is 1. The van der Waals surface area contributed by atoms with Crippen molar-refractivity contribution in [2.24, 2.45) is 5.92 Å². The number of hydrogen-bond acceptors (Lipinski definition) is 3. The summed E-state index contributed by atoms with van der Waals surface area (Å²) in [4.78, 5) is 4.06. The molecule has 1 atom stereocenters. The first-order valence-electron chi connectivity index (χ1n) is 5.20. The van der Waals surface area contributed by atoms with Gasteiger partial charge in [-0.15, -0.1) is 0 Å². The van der Waals surface area contributed by atoms with Crippen molar-refractivity contribution in [3.8, 4) is 0 Å². The zero-order chi connectivity index (χ0) is 10.7. The molecule has 1 N–H and O–H groups in total. The lowest BCUT2D eigenvalue weighted by Crippen LogP contribution is -2.15. The van der Waals surface area contributed by atoms with Crippen LogP contribution in [0.2, 0.25) is 5.15 Å². The van der Waals surface area contributed by atoms with Crippen molar-refractivity contribution in [1.29, 1.82) is 0 Å². The van der Waals surface area contributed by atoms with Crippen molar-refractivity contribution in [1.82, 2.24) is 4.98 Å². The van der Waals surface area contributed by atoms with Crippen molar-refractivity contribution in [2.45, 2.75) is 13.3 Å². The Hall–Kier alpha value is -0.800. The van der Waals surface area contributed by atoms with Gasteiger partial charge in [0, 0.05) is 25.3 Å². The summed E-state index contributed by atoms with van der Waals surface area (Å²) < 4.78 is 5.32. The van der Waals surface area contributed by atoms with Crippen LogP contribution >= 0.6 is 11.6 Å². The Morgan fingerprint density at radius 2 is 2.53 bits per heavy atom. The first-order valence-corrected chi connectivity index (χ1v) is 5.58. The molecule has 2 heterocycles. The summed E-state index contributed by atoms with van der Waals surface area (Å²) >= 11 is 6.01. The van der Waals surface area contributed by atoms with Crippen LogP contribution in [0.1, 0.15) is 12.0 Å². The highest BCUT2D eigenvalue weighted by Gasteiger charge is 2.16. The third kappa shape index (κ3) is 2.61. The molecule has 4 heteroatoms. The van der Waals surface area contributed by atoms with Crippen molar-refractivity contribution < 1.29 is 4.74 Å². The van der Waals surface area contributed by atoms with Crippen LogP contribution in [-0.2, 0) is 4.74 Å². The van der Waals surface area contributed by atoms with Crippen molar-refractivity contribution in [3.63, 3.8) is 0 Å². The lowest BCUT2D eigenvalue weighted by Gasteiger charge is -2.13. The number of nitrogens with one attached hydrogen (secondary N) is 1. The maximum Gasteiger partial charge on any atom is 0.152 e. The van der Waals surface area contributed by atoms with Crippen molar-refractivity contribution in [2.75, 3.05) is 25.1 Å². The second-order valence-electron chi connectivity index (χ2n) is 3.90. The van der Waals surface area contributed by atoms with E-state index in [2.05, 4.69) is 10.3 Å². The summed E-state index contributed by atoms with van der Waals surface area (Å²) in [7, 11) is 0. The van der Waals surface area contributed by atoms with Gasteiger partial charge in [0.15, 0.2) is 5.15 Å². The normalized spacial score (nSPS) is 20.5. The van der Waals surface area contributed by atoms with Gasteiger partial charge in [-0.1, -0.05) is 11.6 Å². The number of rotatable bonds is 3. The first kappa shape index (κ1) is 10.7. The van der Waals surface area contributed by atoms with Crippen LogP contribution in [0.25, 0.3) is 0 Å². The summed E-state index contributed by atoms with van der Waals surface area (Å²) in [5, 5.41) is 3.90. The Bertz CT molecular complexity index is 317. The first-order chi connectivity index (χ1) is 7.27. The molecule has 2 rings (SSSR count). The summed E-state index contributed by atoms with van der Waals surface area (Å²) in [5.41, 5.74) is 2.08. The molecule has 0 aliphatic carbocycles. The molecule has 0 radical (unpaired) electrons. The van der Waals surface area contributed by atoms with Gasteiger partial charge in [0.2, 0.25) is 0 Å². The zero-order valence-corrected chi connectivity index (χ0v) is 9.55. The van der Waals surface area contributed by atoms with Crippen LogP contribution < -0.4 is 5.32 Å². The highest BCUT2D eigenvalue weighted by molar-refractivity contribution is 6.32. The van der Waals surface area contributed by atoms with E-state index < -0.39 is 0 Å². The van der Waals surface area contributed by atoms with Gasteiger partial charge in [-0.05, 0) is 25.0 Å². The average molecular weight is 227 g/mol. The molecule has 0 bridgehead atoms. The fraction of sp³-hybridized carbons (Fsp3) is 0.545. The lowest BCUT2D eigenvalue weighted by molar-refractivity contribution is 0.187. The number of pyridine rings is 1. The standard InChI is InChI=1S/C11H15ClN2O/c1-8-2-4-13-11(12)10(8)14-6-9-3-5-15-7-9/h2,4,9,14H,3,5-7H2,1H3. The molecule has 1 saturated heterocycles. The molecule has 0 saturated carbocycles. The number of aryl methyl sites for hydroxylation is 1. The molecule has 3 nitrogen and oxygen atoms in total. The van der Waals surface area contributed by atoms with E-state index in [9.17, 15) is 0 Å². The summed E-state index contributed by atoms with van der Waals surface area (Å²) in [6.07, 6.45) is 2.85. The third-order valence-electron chi connectivity index (χ3n) is 2.70. The van der Waals surface area contributed by atoms with Gasteiger partial charge in [0.1, 0.15) is 0 Å². The van der Waals surface area contributed by atoms with E-state index in [1.54, 1.807) is 6.20 Å². The van der Waals surface area contributed by atoms with E-state index in [-0.39, 0.29) is 0 Å². The summed E-state index contributed by atoms with van der Waals surface area (Å²) in [6.45, 7) is 4.67. The van der Waals surface area contributed by atoms with Crippen LogP contribution in [-0.4, -0.2) is 24.7 Å². The molecule has 1 unspecified atom stereocenters. The Morgan fingerprint density at radius 3 is 3.20 bits per heavy atom. The molecule has 0 aromatic carbocycles. The van der Waals surface area contributed by atoms with Gasteiger partial charge in [0.05, 0.1) is 12.3 Å². The molecule has 1 aliphatic rings. The number of aromatic nitrogens is 1. The largest absolute Gasteiger partial charge is 0.382 e. The smallest absolute Gasteiger partial charge is 0.152 e. The minimum atomic E-state index is 0.550. The van der Waals surface area contributed by atoms with Crippen LogP contribution in [0, 0.1) is 12.8 Å². The van der Waals surface area contributed by atoms with E-state index >= 15 is 0 Å². The van der Waals surface area contributed by atoms with Gasteiger partial charge in [-0.3, -0.25) is 0 Å². The molecule has 15 heavy (non-hydrogen) atoms. The fourth-order valence-corrected chi connectivity index (χ4v) is 2.00. The fourth-order valence-electron chi connectivity index (χ4n) is 1.73. The SMILES string of the molecule is Cc1ccnc(Cl)c1NCC1CCOC1. The van der Waals surface area contributed by atoms with Crippen LogP contribution in [0.4, 0.5) is 5.69 Å². The molecule has 82 valence electrons. The summed E-state index contributed by atoms with van der Waals surface area (Å²) in [5.74, 6) is 0.598. The number of ether oxygens (including phenoxy) is 1. The second kappa shape index (κ2) is 4.81. The van der Waals surface area contributed by atoms with Crippen molar-refractivity contribution in [3.05, 3.63) is 23.0 Å². The van der Waals surface area contributed by atoms with Crippen molar-refractivity contribution >= 4 is 17.3 Å². The van der Waals surface area contributed by atoms with Gasteiger partial charge in [-0.2, -0.15) is 0 Å². The second-order valence-corrected chi connectivity index (χ2v) is 4.26. The monoisotopic (exact) mass is 226 g/mol. The average Bonchev–Trinajstić information content (AvgIpc) is 2.70. The molecule has 0 amide bonds. The van der Waals surface area contributed by atoms with Crippen LogP contribution in [0.15, 0.2) is 12.3 Å². The maximum atomic E-state index is 6.01. The highest BCUT2D eigenvalue weighted by Crippen LogP contribution is 2.23. The number of nitrogens with zero attached hydrogens (tertiary/aromatic N) is 1. The predicted molar refractivity (Wildman–Crippen MR) is 61.4 cm³/mol. The van der Waals surface area contributed by atoms with Gasteiger partial charge in [0.25, 0.3) is 0 Å². The van der Waals surface area contributed by atoms with Crippen LogP contribution in [0.5, 0.6) is 0 Å². The summed E-state index contributed by atoms with van der Waals surface area (Å²) in [6, 6.07) is 1.96. The van der Waals surface area contributed by atoms with E-state index in [4.69, 9.17) is 16.3 Å². The maximum absolute atomic E-state index is 6.01. The Morgan fingerprint density at radius 1 is 1.67 bits per heavy atom. The van der Waals surface area contributed by atoms with E-state index in [1.807, 2.05) is 13.0 Å². The number of anilines is 1. The molecule has 1 aliphatic heterocycles. The Kier molecular flexibility index (Phi) is 3.44. The van der Waals surface area contributed by atoms with E-state index in [0.29, 0.717) is 11.1 Å². The molecule has 1 aromatic heterocycles. The molecule has 1 fully saturated rings. The molecular formula is C11H15ClN2O. The predicted octanol–water partition coefficient (Wildman–Crippen LogP) is 2.49. The lowest BCUT2D eigenvalue weighted by atomic mass is 10.1. The topological polar surface area (TPSA) is 34.2 Å². The third-order valence-corrected chi connectivity index (χ3v) is 2.99. The molecule has 0 spiro atoms. The Labute approximate surface area is 94.8 Å². The quantitative estimate of drug-likeness (QED) is 0.805. The van der Waals surface area contributed by atoms with Gasteiger partial charge >= 0.3 is 0 Å². The minimum Gasteiger partial charge on any atom is -0.382 e. The van der Waals surface area contributed by atoms with E-state index in [0.717, 1.165) is 37.4 Å². The zero-order valence-electron chi connectivity index (χ0n) is 8.79.